The topological polar surface area (TPSA) is 36.9 Å². The fraction of sp³-hybridized carbons (Fsp3) is 1.00. The Morgan fingerprint density at radius 1 is 0.667 bits per heavy atom. The van der Waals surface area contributed by atoms with E-state index in [2.05, 4.69) is 23.3 Å². The highest BCUT2D eigenvalue weighted by molar-refractivity contribution is 4.26. The summed E-state index contributed by atoms with van der Waals surface area (Å²) in [5, 5.41) is 0. The molecule has 0 spiro atoms. The molecule has 0 N–H and O–H groups in total. The minimum absolute atomic E-state index is 0.0370. The van der Waals surface area contributed by atoms with E-state index in [1.807, 2.05) is 27.7 Å². The predicted molar refractivity (Wildman–Crippen MR) is 76.8 cm³/mol. The Bertz CT molecular complexity index is 108. The van der Waals surface area contributed by atoms with Gasteiger partial charge in [-0.1, -0.05) is 26.7 Å². The average Bonchev–Trinajstić information content (AvgIpc) is 2.39. The van der Waals surface area contributed by atoms with E-state index in [-0.39, 0.29) is 12.6 Å². The van der Waals surface area contributed by atoms with Crippen molar-refractivity contribution in [3.8, 4) is 0 Å². The molecule has 0 saturated heterocycles. The highest BCUT2D eigenvalue weighted by Crippen LogP contribution is 1.90. The van der Waals surface area contributed by atoms with Crippen LogP contribution in [0.3, 0.4) is 0 Å². The van der Waals surface area contributed by atoms with Crippen LogP contribution in [0.25, 0.3) is 0 Å². The van der Waals surface area contributed by atoms with Crippen LogP contribution in [0.4, 0.5) is 0 Å². The molecule has 0 aromatic carbocycles. The number of ether oxygens (including phenoxy) is 4. The van der Waals surface area contributed by atoms with Gasteiger partial charge in [0, 0.05) is 27.4 Å². The van der Waals surface area contributed by atoms with E-state index in [4.69, 9.17) is 9.47 Å². The molecular formula is C14H34O4. The summed E-state index contributed by atoms with van der Waals surface area (Å²) in [6.07, 6.45) is 2.54. The van der Waals surface area contributed by atoms with Gasteiger partial charge >= 0.3 is 0 Å². The molecule has 0 aromatic heterocycles. The number of hydrogen-bond acceptors (Lipinski definition) is 4. The standard InChI is InChI=1S/C6H14O2.C4H10O2.C4H10/c1-4-7-6(3)8-5-2;1-4(5-2)6-3;1-3-4-2/h6H,4-5H2,1-3H3;4H,1-3H3;3-4H2,1-2H3. The third kappa shape index (κ3) is 29.7. The summed E-state index contributed by atoms with van der Waals surface area (Å²) in [7, 11) is 3.21. The second-order valence-electron chi connectivity index (χ2n) is 3.52. The fourth-order valence-electron chi connectivity index (χ4n) is 0.614. The van der Waals surface area contributed by atoms with Crippen LogP contribution in [-0.2, 0) is 18.9 Å². The van der Waals surface area contributed by atoms with Gasteiger partial charge in [-0.3, -0.25) is 0 Å². The van der Waals surface area contributed by atoms with E-state index in [1.165, 1.54) is 12.8 Å². The predicted octanol–water partition coefficient (Wildman–Crippen LogP) is 3.84. The molecule has 0 amide bonds. The van der Waals surface area contributed by atoms with Gasteiger partial charge in [0.05, 0.1) is 0 Å². The first-order valence-corrected chi connectivity index (χ1v) is 6.82. The Morgan fingerprint density at radius 2 is 1.00 bits per heavy atom. The Morgan fingerprint density at radius 3 is 1.11 bits per heavy atom. The molecule has 0 saturated carbocycles. The van der Waals surface area contributed by atoms with Crippen molar-refractivity contribution in [3.05, 3.63) is 0 Å². The van der Waals surface area contributed by atoms with Crippen LogP contribution in [0.1, 0.15) is 54.4 Å². The van der Waals surface area contributed by atoms with E-state index in [0.29, 0.717) is 0 Å². The molecule has 4 heteroatoms. The van der Waals surface area contributed by atoms with Crippen molar-refractivity contribution in [2.75, 3.05) is 27.4 Å². The van der Waals surface area contributed by atoms with Crippen LogP contribution in [0.5, 0.6) is 0 Å². The SMILES string of the molecule is CCCC.CCOC(C)OCC.COC(C)OC. The van der Waals surface area contributed by atoms with Gasteiger partial charge in [0.15, 0.2) is 12.6 Å². The Labute approximate surface area is 114 Å². The smallest absolute Gasteiger partial charge is 0.154 e. The van der Waals surface area contributed by atoms with E-state index in [9.17, 15) is 0 Å². The highest BCUT2D eigenvalue weighted by atomic mass is 16.7. The molecule has 0 atom stereocenters. The molecule has 4 nitrogen and oxygen atoms in total. The summed E-state index contributed by atoms with van der Waals surface area (Å²) in [4.78, 5) is 0. The van der Waals surface area contributed by atoms with Gasteiger partial charge in [-0.05, 0) is 27.7 Å². The maximum Gasteiger partial charge on any atom is 0.154 e. The second-order valence-corrected chi connectivity index (χ2v) is 3.52. The lowest BCUT2D eigenvalue weighted by atomic mass is 10.4. The third-order valence-corrected chi connectivity index (χ3v) is 1.97. The van der Waals surface area contributed by atoms with Gasteiger partial charge in [0.25, 0.3) is 0 Å². The molecule has 18 heavy (non-hydrogen) atoms. The van der Waals surface area contributed by atoms with Gasteiger partial charge in [0.2, 0.25) is 0 Å². The van der Waals surface area contributed by atoms with E-state index < -0.39 is 0 Å². The quantitative estimate of drug-likeness (QED) is 0.656. The van der Waals surface area contributed by atoms with Gasteiger partial charge in [-0.25, -0.2) is 0 Å². The van der Waals surface area contributed by atoms with Crippen molar-refractivity contribution in [1.82, 2.24) is 0 Å². The number of methoxy groups -OCH3 is 2. The summed E-state index contributed by atoms with van der Waals surface area (Å²) in [5.74, 6) is 0. The zero-order chi connectivity index (χ0) is 14.8. The largest absolute Gasteiger partial charge is 0.356 e. The highest BCUT2D eigenvalue weighted by Gasteiger charge is 1.94. The van der Waals surface area contributed by atoms with Crippen molar-refractivity contribution < 1.29 is 18.9 Å². The summed E-state index contributed by atoms with van der Waals surface area (Å²) in [5.41, 5.74) is 0. The van der Waals surface area contributed by atoms with Gasteiger partial charge in [-0.15, -0.1) is 0 Å². The zero-order valence-electron chi connectivity index (χ0n) is 13.6. The Hall–Kier alpha value is -0.160. The molecule has 114 valence electrons. The first-order valence-electron chi connectivity index (χ1n) is 6.82. The summed E-state index contributed by atoms with van der Waals surface area (Å²) in [6.45, 7) is 13.4. The molecule has 0 heterocycles. The van der Waals surface area contributed by atoms with Gasteiger partial charge in [-0.2, -0.15) is 0 Å². The zero-order valence-corrected chi connectivity index (χ0v) is 13.6. The number of unbranched alkanes of at least 4 members (excludes halogenated alkanes) is 1. The molecule has 0 aromatic rings. The van der Waals surface area contributed by atoms with E-state index in [0.717, 1.165) is 13.2 Å². The molecule has 0 rings (SSSR count). The number of rotatable bonds is 7. The van der Waals surface area contributed by atoms with Crippen LogP contribution in [0, 0.1) is 0 Å². The van der Waals surface area contributed by atoms with Crippen molar-refractivity contribution >= 4 is 0 Å². The number of hydrogen-bond donors (Lipinski definition) is 0. The minimum atomic E-state index is -0.0648. The monoisotopic (exact) mass is 266 g/mol. The summed E-state index contributed by atoms with van der Waals surface area (Å²) < 4.78 is 19.5. The van der Waals surface area contributed by atoms with Crippen LogP contribution in [-0.4, -0.2) is 40.0 Å². The first-order chi connectivity index (χ1) is 8.53. The first kappa shape index (κ1) is 23.0. The van der Waals surface area contributed by atoms with E-state index in [1.54, 1.807) is 14.2 Å². The minimum Gasteiger partial charge on any atom is -0.356 e. The molecule has 0 aliphatic rings. The van der Waals surface area contributed by atoms with Crippen LogP contribution < -0.4 is 0 Å². The van der Waals surface area contributed by atoms with Crippen LogP contribution in [0.15, 0.2) is 0 Å². The van der Waals surface area contributed by atoms with Crippen LogP contribution in [0.2, 0.25) is 0 Å². The maximum absolute atomic E-state index is 5.06. The Balaban J connectivity index is -0.000000200. The van der Waals surface area contributed by atoms with Crippen molar-refractivity contribution in [1.29, 1.82) is 0 Å². The maximum atomic E-state index is 5.06. The molecule has 0 unspecified atom stereocenters. The molecule has 0 aliphatic heterocycles. The van der Waals surface area contributed by atoms with Crippen molar-refractivity contribution in [2.24, 2.45) is 0 Å². The molecule has 0 bridgehead atoms. The van der Waals surface area contributed by atoms with E-state index >= 15 is 0 Å². The Kier molecular flexibility index (Phi) is 28.2. The molecule has 0 aliphatic carbocycles. The summed E-state index contributed by atoms with van der Waals surface area (Å²) >= 11 is 0. The lowest BCUT2D eigenvalue weighted by Gasteiger charge is -2.09. The molecule has 0 fully saturated rings. The summed E-state index contributed by atoms with van der Waals surface area (Å²) in [6, 6.07) is 0. The lowest BCUT2D eigenvalue weighted by molar-refractivity contribution is -0.123. The average molecular weight is 266 g/mol. The van der Waals surface area contributed by atoms with Crippen LogP contribution >= 0.6 is 0 Å². The fourth-order valence-corrected chi connectivity index (χ4v) is 0.614. The molecular weight excluding hydrogens is 232 g/mol. The van der Waals surface area contributed by atoms with Crippen molar-refractivity contribution in [3.63, 3.8) is 0 Å². The van der Waals surface area contributed by atoms with Crippen molar-refractivity contribution in [2.45, 2.75) is 67.0 Å². The van der Waals surface area contributed by atoms with Gasteiger partial charge < -0.3 is 18.9 Å². The second kappa shape index (κ2) is 22.1. The third-order valence-electron chi connectivity index (χ3n) is 1.97. The lowest BCUT2D eigenvalue weighted by Crippen LogP contribution is -2.11. The molecule has 0 radical (unpaired) electrons. The normalized spacial score (nSPS) is 9.67. The van der Waals surface area contributed by atoms with Gasteiger partial charge in [0.1, 0.15) is 0 Å².